The quantitative estimate of drug-likeness (QED) is 0.895. The summed E-state index contributed by atoms with van der Waals surface area (Å²) < 4.78 is 14.0. The van der Waals surface area contributed by atoms with Crippen LogP contribution in [0.25, 0.3) is 0 Å². The number of benzene rings is 1. The van der Waals surface area contributed by atoms with Crippen LogP contribution < -0.4 is 0 Å². The molecule has 1 aliphatic heterocycles. The van der Waals surface area contributed by atoms with Crippen molar-refractivity contribution >= 4 is 5.97 Å². The third kappa shape index (κ3) is 3.02. The molecule has 0 saturated carbocycles. The van der Waals surface area contributed by atoms with E-state index in [4.69, 9.17) is 0 Å². The zero-order valence-corrected chi connectivity index (χ0v) is 12.5. The van der Waals surface area contributed by atoms with Crippen LogP contribution in [0.4, 0.5) is 4.39 Å². The van der Waals surface area contributed by atoms with Gasteiger partial charge in [0.15, 0.2) is 0 Å². The zero-order valence-electron chi connectivity index (χ0n) is 12.5. The Morgan fingerprint density at radius 3 is 2.81 bits per heavy atom. The van der Waals surface area contributed by atoms with Gasteiger partial charge in [0, 0.05) is 24.2 Å². The Morgan fingerprint density at radius 2 is 2.24 bits per heavy atom. The van der Waals surface area contributed by atoms with E-state index >= 15 is 0 Å². The number of piperidine rings is 1. The van der Waals surface area contributed by atoms with Crippen LogP contribution in [0.15, 0.2) is 18.2 Å². The molecular weight excluding hydrogens is 273 g/mol. The number of rotatable bonds is 4. The molecule has 0 aromatic heterocycles. The lowest BCUT2D eigenvalue weighted by Crippen LogP contribution is -2.48. The normalized spacial score (nSPS) is 24.7. The molecule has 1 aromatic rings. The highest BCUT2D eigenvalue weighted by Gasteiger charge is 2.42. The summed E-state index contributed by atoms with van der Waals surface area (Å²) in [6.07, 6.45) is 2.04. The third-order valence-corrected chi connectivity index (χ3v) is 4.72. The molecular formula is C16H22FNO3. The standard InChI is InChI=1S/C16H22FNO3/c1-3-16(15(20)21)7-4-8-18(10-16)11(2)13-6-5-12(19)9-14(13)17/h5-6,9,11,19H,3-4,7-8,10H2,1-2H3,(H,20,21). The van der Waals surface area contributed by atoms with Crippen molar-refractivity contribution in [1.82, 2.24) is 4.90 Å². The van der Waals surface area contributed by atoms with E-state index in [9.17, 15) is 19.4 Å². The lowest BCUT2D eigenvalue weighted by Gasteiger charge is -2.42. The Bertz CT molecular complexity index is 534. The van der Waals surface area contributed by atoms with Crippen LogP contribution in [-0.2, 0) is 4.79 Å². The van der Waals surface area contributed by atoms with Crippen LogP contribution in [-0.4, -0.2) is 34.2 Å². The Morgan fingerprint density at radius 1 is 1.52 bits per heavy atom. The predicted octanol–water partition coefficient (Wildman–Crippen LogP) is 3.17. The van der Waals surface area contributed by atoms with Crippen LogP contribution in [0.2, 0.25) is 0 Å². The molecule has 2 rings (SSSR count). The Labute approximate surface area is 124 Å². The van der Waals surface area contributed by atoms with Gasteiger partial charge in [0.1, 0.15) is 11.6 Å². The van der Waals surface area contributed by atoms with Gasteiger partial charge in [-0.05, 0) is 38.8 Å². The van der Waals surface area contributed by atoms with Crippen LogP contribution in [0.3, 0.4) is 0 Å². The van der Waals surface area contributed by atoms with Gasteiger partial charge in [-0.3, -0.25) is 9.69 Å². The highest BCUT2D eigenvalue weighted by Crippen LogP contribution is 2.37. The summed E-state index contributed by atoms with van der Waals surface area (Å²) in [6.45, 7) is 4.96. The fraction of sp³-hybridized carbons (Fsp3) is 0.562. The van der Waals surface area contributed by atoms with Crippen LogP contribution in [0.5, 0.6) is 5.75 Å². The van der Waals surface area contributed by atoms with Crippen molar-refractivity contribution in [3.05, 3.63) is 29.6 Å². The number of carboxylic acid groups (broad SMARTS) is 1. The van der Waals surface area contributed by atoms with Gasteiger partial charge in [0.05, 0.1) is 5.41 Å². The summed E-state index contributed by atoms with van der Waals surface area (Å²) in [5, 5.41) is 18.8. The number of hydrogen-bond donors (Lipinski definition) is 2. The van der Waals surface area contributed by atoms with Crippen molar-refractivity contribution in [3.63, 3.8) is 0 Å². The van der Waals surface area contributed by atoms with Gasteiger partial charge in [-0.2, -0.15) is 0 Å². The second kappa shape index (κ2) is 6.02. The van der Waals surface area contributed by atoms with Crippen molar-refractivity contribution in [1.29, 1.82) is 0 Å². The first-order valence-corrected chi connectivity index (χ1v) is 7.35. The number of likely N-dealkylation sites (tertiary alicyclic amines) is 1. The second-order valence-electron chi connectivity index (χ2n) is 5.89. The van der Waals surface area contributed by atoms with E-state index in [0.717, 1.165) is 19.0 Å². The fourth-order valence-corrected chi connectivity index (χ4v) is 3.16. The molecule has 5 heteroatoms. The third-order valence-electron chi connectivity index (χ3n) is 4.72. The first kappa shape index (κ1) is 15.8. The van der Waals surface area contributed by atoms with Crippen LogP contribution >= 0.6 is 0 Å². The number of aliphatic carboxylic acids is 1. The molecule has 1 fully saturated rings. The maximum atomic E-state index is 14.0. The predicted molar refractivity (Wildman–Crippen MR) is 77.6 cm³/mol. The van der Waals surface area contributed by atoms with E-state index in [1.165, 1.54) is 6.07 Å². The fourth-order valence-electron chi connectivity index (χ4n) is 3.16. The Kier molecular flexibility index (Phi) is 4.52. The number of phenolic OH excluding ortho intramolecular Hbond substituents is 1. The summed E-state index contributed by atoms with van der Waals surface area (Å²) in [5.74, 6) is -1.32. The van der Waals surface area contributed by atoms with E-state index in [0.29, 0.717) is 24.9 Å². The molecule has 0 spiro atoms. The number of phenols is 1. The van der Waals surface area contributed by atoms with Gasteiger partial charge in [0.2, 0.25) is 0 Å². The topological polar surface area (TPSA) is 60.8 Å². The average molecular weight is 295 g/mol. The molecule has 116 valence electrons. The van der Waals surface area contributed by atoms with E-state index in [1.807, 2.05) is 18.7 Å². The summed E-state index contributed by atoms with van der Waals surface area (Å²) in [4.78, 5) is 13.6. The maximum absolute atomic E-state index is 14.0. The first-order valence-electron chi connectivity index (χ1n) is 7.35. The Hall–Kier alpha value is -1.62. The molecule has 2 atom stereocenters. The van der Waals surface area contributed by atoms with E-state index in [-0.39, 0.29) is 11.8 Å². The number of nitrogens with zero attached hydrogens (tertiary/aromatic N) is 1. The van der Waals surface area contributed by atoms with Crippen molar-refractivity contribution in [2.24, 2.45) is 5.41 Å². The van der Waals surface area contributed by atoms with Gasteiger partial charge in [-0.1, -0.05) is 13.0 Å². The highest BCUT2D eigenvalue weighted by molar-refractivity contribution is 5.75. The van der Waals surface area contributed by atoms with Crippen molar-refractivity contribution in [2.75, 3.05) is 13.1 Å². The molecule has 0 amide bonds. The van der Waals surface area contributed by atoms with E-state index in [1.54, 1.807) is 6.07 Å². The maximum Gasteiger partial charge on any atom is 0.310 e. The van der Waals surface area contributed by atoms with Crippen LogP contribution in [0, 0.1) is 11.2 Å². The number of carboxylic acids is 1. The molecule has 1 heterocycles. The molecule has 2 N–H and O–H groups in total. The Balaban J connectivity index is 2.22. The summed E-state index contributed by atoms with van der Waals surface area (Å²) in [5.41, 5.74) is -0.245. The first-order chi connectivity index (χ1) is 9.89. The molecule has 1 saturated heterocycles. The zero-order chi connectivity index (χ0) is 15.6. The number of hydrogen-bond acceptors (Lipinski definition) is 3. The SMILES string of the molecule is CCC1(C(=O)O)CCCN(C(C)c2ccc(O)cc2F)C1. The smallest absolute Gasteiger partial charge is 0.310 e. The molecule has 0 aliphatic carbocycles. The minimum absolute atomic E-state index is 0.101. The molecule has 0 radical (unpaired) electrons. The van der Waals surface area contributed by atoms with E-state index in [2.05, 4.69) is 0 Å². The van der Waals surface area contributed by atoms with Gasteiger partial charge in [-0.15, -0.1) is 0 Å². The average Bonchev–Trinajstić information content (AvgIpc) is 2.46. The highest BCUT2D eigenvalue weighted by atomic mass is 19.1. The van der Waals surface area contributed by atoms with Gasteiger partial charge < -0.3 is 10.2 Å². The minimum atomic E-state index is -0.770. The largest absolute Gasteiger partial charge is 0.508 e. The van der Waals surface area contributed by atoms with E-state index < -0.39 is 17.2 Å². The minimum Gasteiger partial charge on any atom is -0.508 e. The molecule has 2 unspecified atom stereocenters. The number of aromatic hydroxyl groups is 1. The van der Waals surface area contributed by atoms with Gasteiger partial charge >= 0.3 is 5.97 Å². The summed E-state index contributed by atoms with van der Waals surface area (Å²) in [6, 6.07) is 3.91. The molecule has 1 aliphatic rings. The van der Waals surface area contributed by atoms with Crippen LogP contribution in [0.1, 0.15) is 44.7 Å². The molecule has 21 heavy (non-hydrogen) atoms. The van der Waals surface area contributed by atoms with Crippen molar-refractivity contribution in [3.8, 4) is 5.75 Å². The molecule has 0 bridgehead atoms. The second-order valence-corrected chi connectivity index (χ2v) is 5.89. The lowest BCUT2D eigenvalue weighted by atomic mass is 9.77. The summed E-state index contributed by atoms with van der Waals surface area (Å²) in [7, 11) is 0. The number of halogens is 1. The molecule has 1 aromatic carbocycles. The lowest BCUT2D eigenvalue weighted by molar-refractivity contribution is -0.153. The summed E-state index contributed by atoms with van der Waals surface area (Å²) >= 11 is 0. The monoisotopic (exact) mass is 295 g/mol. The number of carbonyl (C=O) groups is 1. The van der Waals surface area contributed by atoms with Crippen molar-refractivity contribution < 1.29 is 19.4 Å². The molecule has 4 nitrogen and oxygen atoms in total. The van der Waals surface area contributed by atoms with Gasteiger partial charge in [0.25, 0.3) is 0 Å². The van der Waals surface area contributed by atoms with Gasteiger partial charge in [-0.25, -0.2) is 4.39 Å². The van der Waals surface area contributed by atoms with Crippen molar-refractivity contribution in [2.45, 2.75) is 39.2 Å².